The average Bonchev–Trinajstić information content (AvgIpc) is 3.02. The minimum absolute atomic E-state index is 0.0651. The molecule has 1 aromatic heterocycles. The summed E-state index contributed by atoms with van der Waals surface area (Å²) in [4.78, 5) is 0.175. The highest BCUT2D eigenvalue weighted by atomic mass is 32.2. The van der Waals surface area contributed by atoms with Gasteiger partial charge in [-0.2, -0.15) is 11.3 Å². The summed E-state index contributed by atoms with van der Waals surface area (Å²) < 4.78 is 32.8. The highest BCUT2D eigenvalue weighted by Crippen LogP contribution is 2.27. The monoisotopic (exact) mass is 355 g/mol. The van der Waals surface area contributed by atoms with Crippen molar-refractivity contribution in [3.8, 4) is 5.75 Å². The Bertz CT molecular complexity index is 731. The van der Waals surface area contributed by atoms with Crippen LogP contribution in [0.25, 0.3) is 0 Å². The van der Waals surface area contributed by atoms with Gasteiger partial charge in [-0.05, 0) is 66.4 Å². The highest BCUT2D eigenvalue weighted by Gasteiger charge is 2.19. The van der Waals surface area contributed by atoms with E-state index in [-0.39, 0.29) is 11.4 Å². The van der Waals surface area contributed by atoms with E-state index in [1.807, 2.05) is 26.2 Å². The molecule has 0 fully saturated rings. The van der Waals surface area contributed by atoms with Crippen LogP contribution in [0.4, 0.5) is 0 Å². The fourth-order valence-electron chi connectivity index (χ4n) is 2.29. The van der Waals surface area contributed by atoms with Gasteiger partial charge in [0.2, 0.25) is 10.0 Å². The first-order valence-corrected chi connectivity index (χ1v) is 9.71. The Balaban J connectivity index is 2.16. The molecule has 1 aromatic carbocycles. The van der Waals surface area contributed by atoms with E-state index in [9.17, 15) is 13.5 Å². The molecule has 0 spiro atoms. The lowest BCUT2D eigenvalue weighted by Gasteiger charge is -2.15. The van der Waals surface area contributed by atoms with E-state index in [0.717, 1.165) is 11.1 Å². The molecule has 2 rings (SSSR count). The van der Waals surface area contributed by atoms with Gasteiger partial charge in [-0.25, -0.2) is 13.1 Å². The first kappa shape index (κ1) is 17.9. The Labute approximate surface area is 141 Å². The molecule has 7 heteroatoms. The second-order valence-corrected chi connectivity index (χ2v) is 7.79. The molecule has 2 N–H and O–H groups in total. The molecule has 23 heavy (non-hydrogen) atoms. The van der Waals surface area contributed by atoms with Crippen LogP contribution < -0.4 is 9.46 Å². The fraction of sp³-hybridized carbons (Fsp3) is 0.375. The number of aliphatic hydroxyl groups excluding tert-OH is 1. The number of hydrogen-bond donors (Lipinski definition) is 2. The molecule has 0 radical (unpaired) electrons. The number of aliphatic hydroxyl groups is 1. The van der Waals surface area contributed by atoms with Crippen LogP contribution in [0.15, 0.2) is 33.9 Å². The Morgan fingerprint density at radius 3 is 2.48 bits per heavy atom. The summed E-state index contributed by atoms with van der Waals surface area (Å²) >= 11 is 1.46. The molecule has 0 aliphatic rings. The van der Waals surface area contributed by atoms with Gasteiger partial charge < -0.3 is 9.84 Å². The van der Waals surface area contributed by atoms with E-state index < -0.39 is 16.1 Å². The van der Waals surface area contributed by atoms with E-state index in [2.05, 4.69) is 4.72 Å². The fourth-order valence-corrected chi connectivity index (χ4v) is 4.21. The van der Waals surface area contributed by atoms with Crippen LogP contribution in [0.3, 0.4) is 0 Å². The van der Waals surface area contributed by atoms with E-state index in [1.165, 1.54) is 11.3 Å². The first-order chi connectivity index (χ1) is 10.8. The predicted molar refractivity (Wildman–Crippen MR) is 91.6 cm³/mol. The molecule has 0 aliphatic carbocycles. The minimum Gasteiger partial charge on any atom is -0.493 e. The summed E-state index contributed by atoms with van der Waals surface area (Å²) in [5.41, 5.74) is 2.24. The molecule has 0 bridgehead atoms. The highest BCUT2D eigenvalue weighted by molar-refractivity contribution is 7.89. The Kier molecular flexibility index (Phi) is 5.80. The zero-order valence-electron chi connectivity index (χ0n) is 13.4. The summed E-state index contributed by atoms with van der Waals surface area (Å²) in [6, 6.07) is 4.93. The zero-order chi connectivity index (χ0) is 17.0. The molecule has 2 aromatic rings. The maximum absolute atomic E-state index is 12.4. The maximum Gasteiger partial charge on any atom is 0.240 e. The van der Waals surface area contributed by atoms with Gasteiger partial charge >= 0.3 is 0 Å². The molecule has 1 atom stereocenters. The molecule has 0 saturated heterocycles. The van der Waals surface area contributed by atoms with Gasteiger partial charge in [-0.1, -0.05) is 0 Å². The number of benzene rings is 1. The van der Waals surface area contributed by atoms with Crippen LogP contribution >= 0.6 is 11.3 Å². The van der Waals surface area contributed by atoms with Gasteiger partial charge in [0.25, 0.3) is 0 Å². The molecule has 1 heterocycles. The molecule has 0 aliphatic heterocycles. The van der Waals surface area contributed by atoms with Crippen LogP contribution in [0.1, 0.15) is 29.7 Å². The Morgan fingerprint density at radius 2 is 1.96 bits per heavy atom. The second-order valence-electron chi connectivity index (χ2n) is 5.24. The van der Waals surface area contributed by atoms with Crippen molar-refractivity contribution in [3.05, 3.63) is 45.6 Å². The molecule has 126 valence electrons. The molecule has 5 nitrogen and oxygen atoms in total. The lowest BCUT2D eigenvalue weighted by atomic mass is 10.1. The summed E-state index contributed by atoms with van der Waals surface area (Å²) in [5.74, 6) is 0.713. The van der Waals surface area contributed by atoms with Crippen LogP contribution in [0, 0.1) is 13.8 Å². The first-order valence-electron chi connectivity index (χ1n) is 7.29. The van der Waals surface area contributed by atoms with Crippen molar-refractivity contribution < 1.29 is 18.3 Å². The number of aryl methyl sites for hydroxylation is 2. The van der Waals surface area contributed by atoms with E-state index in [0.29, 0.717) is 17.9 Å². The third-order valence-corrected chi connectivity index (χ3v) is 5.53. The lowest BCUT2D eigenvalue weighted by molar-refractivity contribution is 0.182. The molecule has 0 saturated carbocycles. The van der Waals surface area contributed by atoms with E-state index in [1.54, 1.807) is 23.6 Å². The largest absolute Gasteiger partial charge is 0.493 e. The van der Waals surface area contributed by atoms with Gasteiger partial charge in [0, 0.05) is 6.54 Å². The van der Waals surface area contributed by atoms with Crippen molar-refractivity contribution in [1.29, 1.82) is 0 Å². The molecular weight excluding hydrogens is 334 g/mol. The lowest BCUT2D eigenvalue weighted by Crippen LogP contribution is -2.28. The number of hydrogen-bond acceptors (Lipinski definition) is 5. The Hall–Kier alpha value is -1.41. The normalized spacial score (nSPS) is 13.0. The Morgan fingerprint density at radius 1 is 1.30 bits per heavy atom. The summed E-state index contributed by atoms with van der Waals surface area (Å²) in [5, 5.41) is 13.6. The minimum atomic E-state index is -3.69. The summed E-state index contributed by atoms with van der Waals surface area (Å²) in [7, 11) is -3.69. The van der Waals surface area contributed by atoms with Crippen molar-refractivity contribution in [1.82, 2.24) is 4.72 Å². The summed E-state index contributed by atoms with van der Waals surface area (Å²) in [6.45, 7) is 5.98. The SMILES string of the molecule is CCOc1c(C)cc(S(=O)(=O)NCC(O)c2ccsc2)cc1C. The van der Waals surface area contributed by atoms with Gasteiger partial charge in [0.05, 0.1) is 17.6 Å². The maximum atomic E-state index is 12.4. The van der Waals surface area contributed by atoms with Crippen LogP contribution in [-0.2, 0) is 10.0 Å². The average molecular weight is 355 g/mol. The van der Waals surface area contributed by atoms with Crippen molar-refractivity contribution in [2.24, 2.45) is 0 Å². The van der Waals surface area contributed by atoms with Gasteiger partial charge in [-0.3, -0.25) is 0 Å². The number of rotatable bonds is 7. The van der Waals surface area contributed by atoms with Crippen molar-refractivity contribution in [3.63, 3.8) is 0 Å². The number of ether oxygens (including phenoxy) is 1. The topological polar surface area (TPSA) is 75.6 Å². The third kappa shape index (κ3) is 4.32. The summed E-state index contributed by atoms with van der Waals surface area (Å²) in [6.07, 6.45) is -0.860. The molecule has 1 unspecified atom stereocenters. The molecular formula is C16H21NO4S2. The number of thiophene rings is 1. The predicted octanol–water partition coefficient (Wildman–Crippen LogP) is 2.78. The van der Waals surface area contributed by atoms with Crippen LogP contribution in [-0.4, -0.2) is 26.7 Å². The third-order valence-electron chi connectivity index (χ3n) is 3.43. The zero-order valence-corrected chi connectivity index (χ0v) is 15.0. The van der Waals surface area contributed by atoms with Crippen molar-refractivity contribution in [2.75, 3.05) is 13.2 Å². The van der Waals surface area contributed by atoms with E-state index in [4.69, 9.17) is 4.74 Å². The van der Waals surface area contributed by atoms with Gasteiger partial charge in [0.15, 0.2) is 0 Å². The number of nitrogens with one attached hydrogen (secondary N) is 1. The van der Waals surface area contributed by atoms with Gasteiger partial charge in [0.1, 0.15) is 5.75 Å². The van der Waals surface area contributed by atoms with Crippen molar-refractivity contribution >= 4 is 21.4 Å². The van der Waals surface area contributed by atoms with E-state index >= 15 is 0 Å². The molecule has 0 amide bonds. The number of sulfonamides is 1. The van der Waals surface area contributed by atoms with Crippen molar-refractivity contribution in [2.45, 2.75) is 31.8 Å². The quantitative estimate of drug-likeness (QED) is 0.801. The smallest absolute Gasteiger partial charge is 0.240 e. The van der Waals surface area contributed by atoms with Crippen LogP contribution in [0.5, 0.6) is 5.75 Å². The van der Waals surface area contributed by atoms with Gasteiger partial charge in [-0.15, -0.1) is 0 Å². The standard InChI is InChI=1S/C16H21NO4S2/c1-4-21-16-11(2)7-14(8-12(16)3)23(19,20)17-9-15(18)13-5-6-22-10-13/h5-8,10,15,17-18H,4,9H2,1-3H3. The second kappa shape index (κ2) is 7.44. The van der Waals surface area contributed by atoms with Crippen LogP contribution in [0.2, 0.25) is 0 Å².